The van der Waals surface area contributed by atoms with Crippen molar-refractivity contribution in [2.75, 3.05) is 7.05 Å². The highest BCUT2D eigenvalue weighted by molar-refractivity contribution is 6.30. The minimum absolute atomic E-state index is 0.0930. The van der Waals surface area contributed by atoms with Crippen LogP contribution in [0, 0.1) is 11.6 Å². The van der Waals surface area contributed by atoms with Gasteiger partial charge in [-0.15, -0.1) is 0 Å². The van der Waals surface area contributed by atoms with Crippen LogP contribution in [-0.4, -0.2) is 7.05 Å². The van der Waals surface area contributed by atoms with Crippen LogP contribution in [0.1, 0.15) is 29.7 Å². The first-order valence-electron chi connectivity index (χ1n) is 6.67. The Hall–Kier alpha value is -1.65. The maximum absolute atomic E-state index is 14.1. The highest BCUT2D eigenvalue weighted by atomic mass is 35.5. The average molecular weight is 310 g/mol. The molecule has 0 saturated heterocycles. The Labute approximate surface area is 126 Å². The first-order valence-corrected chi connectivity index (χ1v) is 7.04. The third-order valence-corrected chi connectivity index (χ3v) is 3.96. The summed E-state index contributed by atoms with van der Waals surface area (Å²) >= 11 is 5.78. The van der Waals surface area contributed by atoms with Gasteiger partial charge in [0.15, 0.2) is 0 Å². The molecule has 3 rings (SSSR count). The summed E-state index contributed by atoms with van der Waals surface area (Å²) in [7, 11) is 1.79. The molecule has 0 spiro atoms. The van der Waals surface area contributed by atoms with Gasteiger partial charge in [-0.1, -0.05) is 17.7 Å². The lowest BCUT2D eigenvalue weighted by Crippen LogP contribution is -2.27. The van der Waals surface area contributed by atoms with Crippen molar-refractivity contribution in [3.05, 3.63) is 64.2 Å². The van der Waals surface area contributed by atoms with E-state index in [9.17, 15) is 8.78 Å². The van der Waals surface area contributed by atoms with Crippen molar-refractivity contribution in [2.45, 2.75) is 18.6 Å². The van der Waals surface area contributed by atoms with Crippen LogP contribution in [0.3, 0.4) is 0 Å². The first kappa shape index (κ1) is 14.3. The van der Waals surface area contributed by atoms with Crippen LogP contribution >= 0.6 is 11.6 Å². The third kappa shape index (κ3) is 2.74. The summed E-state index contributed by atoms with van der Waals surface area (Å²) in [4.78, 5) is 0. The van der Waals surface area contributed by atoms with E-state index < -0.39 is 11.9 Å². The fourth-order valence-electron chi connectivity index (χ4n) is 2.67. The van der Waals surface area contributed by atoms with E-state index in [1.54, 1.807) is 25.2 Å². The van der Waals surface area contributed by atoms with E-state index in [1.807, 2.05) is 0 Å². The molecule has 2 unspecified atom stereocenters. The molecule has 0 aliphatic carbocycles. The van der Waals surface area contributed by atoms with Gasteiger partial charge < -0.3 is 10.1 Å². The minimum Gasteiger partial charge on any atom is -0.485 e. The normalized spacial score (nSPS) is 20.8. The molecule has 110 valence electrons. The SMILES string of the molecule is CNC1CC(c2ccc(Cl)cc2F)Oc2ccc(F)cc21. The molecular weight excluding hydrogens is 296 g/mol. The zero-order valence-electron chi connectivity index (χ0n) is 11.4. The highest BCUT2D eigenvalue weighted by Crippen LogP contribution is 2.41. The summed E-state index contributed by atoms with van der Waals surface area (Å²) in [6.45, 7) is 0. The second-order valence-corrected chi connectivity index (χ2v) is 5.47. The second-order valence-electron chi connectivity index (χ2n) is 5.03. The molecule has 1 aliphatic heterocycles. The Morgan fingerprint density at radius 1 is 1.14 bits per heavy atom. The van der Waals surface area contributed by atoms with Gasteiger partial charge in [-0.25, -0.2) is 8.78 Å². The van der Waals surface area contributed by atoms with Crippen molar-refractivity contribution in [1.82, 2.24) is 5.32 Å². The summed E-state index contributed by atoms with van der Waals surface area (Å²) in [6.07, 6.45) is 0.0866. The van der Waals surface area contributed by atoms with Gasteiger partial charge in [-0.2, -0.15) is 0 Å². The van der Waals surface area contributed by atoms with Crippen LogP contribution in [0.5, 0.6) is 5.75 Å². The summed E-state index contributed by atoms with van der Waals surface area (Å²) in [6, 6.07) is 8.81. The number of rotatable bonds is 2. The monoisotopic (exact) mass is 309 g/mol. The molecule has 2 aromatic carbocycles. The standard InChI is InChI=1S/C16H14ClF2NO/c1-20-14-8-16(11-4-2-9(17)6-13(11)19)21-15-5-3-10(18)7-12(14)15/h2-7,14,16,20H,8H2,1H3. The van der Waals surface area contributed by atoms with Crippen LogP contribution in [0.2, 0.25) is 5.02 Å². The van der Waals surface area contributed by atoms with Gasteiger partial charge in [-0.3, -0.25) is 0 Å². The van der Waals surface area contributed by atoms with Gasteiger partial charge >= 0.3 is 0 Å². The van der Waals surface area contributed by atoms with E-state index in [1.165, 1.54) is 18.2 Å². The molecule has 2 atom stereocenters. The highest BCUT2D eigenvalue weighted by Gasteiger charge is 2.30. The van der Waals surface area contributed by atoms with Crippen molar-refractivity contribution in [3.8, 4) is 5.75 Å². The van der Waals surface area contributed by atoms with Crippen LogP contribution in [-0.2, 0) is 0 Å². The van der Waals surface area contributed by atoms with Crippen LogP contribution in [0.25, 0.3) is 0 Å². The van der Waals surface area contributed by atoms with E-state index in [0.29, 0.717) is 22.8 Å². The van der Waals surface area contributed by atoms with E-state index in [4.69, 9.17) is 16.3 Å². The predicted molar refractivity (Wildman–Crippen MR) is 77.6 cm³/mol. The topological polar surface area (TPSA) is 21.3 Å². The van der Waals surface area contributed by atoms with Gasteiger partial charge in [-0.05, 0) is 37.4 Å². The van der Waals surface area contributed by atoms with Crippen molar-refractivity contribution in [1.29, 1.82) is 0 Å². The Bertz CT molecular complexity index is 677. The largest absolute Gasteiger partial charge is 0.485 e. The smallest absolute Gasteiger partial charge is 0.131 e. The molecule has 21 heavy (non-hydrogen) atoms. The van der Waals surface area contributed by atoms with Crippen molar-refractivity contribution < 1.29 is 13.5 Å². The molecule has 1 N–H and O–H groups in total. The van der Waals surface area contributed by atoms with Crippen LogP contribution in [0.15, 0.2) is 36.4 Å². The van der Waals surface area contributed by atoms with E-state index in [2.05, 4.69) is 5.32 Å². The average Bonchev–Trinajstić information content (AvgIpc) is 2.46. The first-order chi connectivity index (χ1) is 10.1. The van der Waals surface area contributed by atoms with Gasteiger partial charge in [0, 0.05) is 28.6 Å². The molecule has 0 radical (unpaired) electrons. The molecule has 0 aromatic heterocycles. The quantitative estimate of drug-likeness (QED) is 0.887. The van der Waals surface area contributed by atoms with E-state index in [0.717, 1.165) is 5.56 Å². The lowest BCUT2D eigenvalue weighted by atomic mass is 9.93. The Kier molecular flexibility index (Phi) is 3.83. The molecule has 2 aromatic rings. The fraction of sp³-hybridized carbons (Fsp3) is 0.250. The summed E-state index contributed by atoms with van der Waals surface area (Å²) < 4.78 is 33.3. The molecule has 1 aliphatic rings. The third-order valence-electron chi connectivity index (χ3n) is 3.72. The zero-order valence-corrected chi connectivity index (χ0v) is 12.1. The summed E-state index contributed by atoms with van der Waals surface area (Å²) in [5.41, 5.74) is 1.21. The lowest BCUT2D eigenvalue weighted by Gasteiger charge is -2.32. The minimum atomic E-state index is -0.433. The number of hydrogen-bond acceptors (Lipinski definition) is 2. The summed E-state index contributed by atoms with van der Waals surface area (Å²) in [5, 5.41) is 3.47. The Balaban J connectivity index is 1.98. The van der Waals surface area contributed by atoms with Crippen molar-refractivity contribution in [3.63, 3.8) is 0 Å². The lowest BCUT2D eigenvalue weighted by molar-refractivity contribution is 0.149. The van der Waals surface area contributed by atoms with Crippen molar-refractivity contribution >= 4 is 11.6 Å². The maximum Gasteiger partial charge on any atom is 0.131 e. The zero-order chi connectivity index (χ0) is 15.0. The molecule has 0 fully saturated rings. The van der Waals surface area contributed by atoms with Gasteiger partial charge in [0.1, 0.15) is 23.5 Å². The Morgan fingerprint density at radius 2 is 1.95 bits per heavy atom. The van der Waals surface area contributed by atoms with Crippen LogP contribution < -0.4 is 10.1 Å². The maximum atomic E-state index is 14.1. The number of hydrogen-bond donors (Lipinski definition) is 1. The molecule has 0 amide bonds. The van der Waals surface area contributed by atoms with E-state index in [-0.39, 0.29) is 11.9 Å². The van der Waals surface area contributed by atoms with Gasteiger partial charge in [0.2, 0.25) is 0 Å². The van der Waals surface area contributed by atoms with Crippen molar-refractivity contribution in [2.24, 2.45) is 0 Å². The number of nitrogens with one attached hydrogen (secondary N) is 1. The predicted octanol–water partition coefficient (Wildman–Crippen LogP) is 4.40. The molecule has 0 bridgehead atoms. The fourth-order valence-corrected chi connectivity index (χ4v) is 2.83. The molecule has 1 heterocycles. The van der Waals surface area contributed by atoms with Crippen LogP contribution in [0.4, 0.5) is 8.78 Å². The molecule has 0 saturated carbocycles. The number of fused-ring (bicyclic) bond motifs is 1. The summed E-state index contributed by atoms with van der Waals surface area (Å²) in [5.74, 6) is -0.136. The molecule has 2 nitrogen and oxygen atoms in total. The molecule has 5 heteroatoms. The van der Waals surface area contributed by atoms with Gasteiger partial charge in [0.25, 0.3) is 0 Å². The molecular formula is C16H14ClF2NO. The number of benzene rings is 2. The second kappa shape index (κ2) is 5.62. The van der Waals surface area contributed by atoms with E-state index >= 15 is 0 Å². The number of halogens is 3. The number of ether oxygens (including phenoxy) is 1. The Morgan fingerprint density at radius 3 is 2.67 bits per heavy atom. The van der Waals surface area contributed by atoms with Gasteiger partial charge in [0.05, 0.1) is 0 Å².